The smallest absolute Gasteiger partial charge is 0.279 e. The highest BCUT2D eigenvalue weighted by Crippen LogP contribution is 2.28. The van der Waals surface area contributed by atoms with E-state index in [-0.39, 0.29) is 18.1 Å². The van der Waals surface area contributed by atoms with Crippen LogP contribution in [0.1, 0.15) is 11.3 Å². The second kappa shape index (κ2) is 7.77. The van der Waals surface area contributed by atoms with Crippen LogP contribution in [0.5, 0.6) is 5.75 Å². The largest absolute Gasteiger partial charge is 0.480 e. The van der Waals surface area contributed by atoms with E-state index in [1.54, 1.807) is 17.5 Å². The molecule has 0 spiro atoms. The lowest BCUT2D eigenvalue weighted by Crippen LogP contribution is -2.48. The minimum atomic E-state index is -0.665. The number of fused-ring (bicyclic) bond motifs is 1. The van der Waals surface area contributed by atoms with Gasteiger partial charge in [-0.1, -0.05) is 18.2 Å². The van der Waals surface area contributed by atoms with E-state index in [1.165, 1.54) is 23.5 Å². The van der Waals surface area contributed by atoms with Gasteiger partial charge in [-0.25, -0.2) is 9.37 Å². The number of amides is 2. The molecule has 0 bridgehead atoms. The average molecular weight is 397 g/mol. The first-order valence-corrected chi connectivity index (χ1v) is 9.50. The third kappa shape index (κ3) is 4.01. The molecule has 0 unspecified atom stereocenters. The monoisotopic (exact) mass is 397 g/mol. The van der Waals surface area contributed by atoms with Crippen LogP contribution in [0.4, 0.5) is 4.39 Å². The van der Waals surface area contributed by atoms with Gasteiger partial charge in [-0.15, -0.1) is 11.3 Å². The summed E-state index contributed by atoms with van der Waals surface area (Å²) in [7, 11) is 0. The molecule has 8 heteroatoms. The minimum Gasteiger partial charge on any atom is -0.480 e. The molecule has 0 saturated carbocycles. The van der Waals surface area contributed by atoms with Crippen molar-refractivity contribution >= 4 is 23.2 Å². The van der Waals surface area contributed by atoms with Gasteiger partial charge in [-0.3, -0.25) is 20.4 Å². The summed E-state index contributed by atoms with van der Waals surface area (Å²) in [4.78, 5) is 28.7. The van der Waals surface area contributed by atoms with Crippen LogP contribution in [0.3, 0.4) is 0 Å². The second-order valence-corrected chi connectivity index (χ2v) is 7.14. The van der Waals surface area contributed by atoms with E-state index in [0.29, 0.717) is 22.9 Å². The number of carbonyl (C=O) groups is 2. The quantitative estimate of drug-likeness (QED) is 0.664. The van der Waals surface area contributed by atoms with E-state index in [2.05, 4.69) is 15.8 Å². The summed E-state index contributed by atoms with van der Waals surface area (Å²) < 4.78 is 18.6. The molecule has 0 aliphatic carbocycles. The lowest BCUT2D eigenvalue weighted by atomic mass is 10.1. The molecule has 1 aliphatic heterocycles. The van der Waals surface area contributed by atoms with E-state index < -0.39 is 12.0 Å². The number of hydrogen-bond acceptors (Lipinski definition) is 5. The Morgan fingerprint density at radius 3 is 2.71 bits per heavy atom. The van der Waals surface area contributed by atoms with E-state index in [9.17, 15) is 14.0 Å². The Morgan fingerprint density at radius 2 is 1.93 bits per heavy atom. The van der Waals surface area contributed by atoms with Crippen LogP contribution in [0.2, 0.25) is 0 Å². The van der Waals surface area contributed by atoms with Gasteiger partial charge < -0.3 is 4.74 Å². The molecule has 0 saturated heterocycles. The number of hydrogen-bond donors (Lipinski definition) is 2. The minimum absolute atomic E-state index is 0.0176. The number of para-hydroxylation sites is 1. The number of thiazole rings is 1. The maximum absolute atomic E-state index is 13.0. The number of nitrogens with one attached hydrogen (secondary N) is 2. The van der Waals surface area contributed by atoms with Gasteiger partial charge in [-0.2, -0.15) is 0 Å². The Morgan fingerprint density at radius 1 is 1.14 bits per heavy atom. The molecule has 2 N–H and O–H groups in total. The number of aromatic nitrogens is 1. The number of benzene rings is 2. The molecule has 3 aromatic rings. The Kier molecular flexibility index (Phi) is 5.03. The highest BCUT2D eigenvalue weighted by molar-refractivity contribution is 7.13. The molecule has 142 valence electrons. The van der Waals surface area contributed by atoms with Crippen molar-refractivity contribution in [2.45, 2.75) is 18.9 Å². The van der Waals surface area contributed by atoms with Gasteiger partial charge in [0.25, 0.3) is 5.91 Å². The Hall–Kier alpha value is -3.26. The number of carbonyl (C=O) groups excluding carboxylic acids is 2. The molecule has 1 aromatic heterocycles. The molecule has 28 heavy (non-hydrogen) atoms. The van der Waals surface area contributed by atoms with Crippen molar-refractivity contribution in [3.05, 3.63) is 71.0 Å². The molecule has 0 radical (unpaired) electrons. The van der Waals surface area contributed by atoms with E-state index >= 15 is 0 Å². The molecule has 4 rings (SSSR count). The molecule has 2 amide bonds. The lowest BCUT2D eigenvalue weighted by Gasteiger charge is -2.11. The summed E-state index contributed by atoms with van der Waals surface area (Å²) in [6, 6.07) is 13.4. The fourth-order valence-corrected chi connectivity index (χ4v) is 3.69. The molecule has 0 fully saturated rings. The predicted molar refractivity (Wildman–Crippen MR) is 102 cm³/mol. The average Bonchev–Trinajstić information content (AvgIpc) is 3.33. The normalized spacial score (nSPS) is 14.8. The number of hydrazine groups is 1. The topological polar surface area (TPSA) is 80.3 Å². The first kappa shape index (κ1) is 18.1. The lowest BCUT2D eigenvalue weighted by molar-refractivity contribution is -0.132. The fraction of sp³-hybridized carbons (Fsp3) is 0.150. The summed E-state index contributed by atoms with van der Waals surface area (Å²) in [5, 5.41) is 2.46. The zero-order valence-corrected chi connectivity index (χ0v) is 15.5. The summed E-state index contributed by atoms with van der Waals surface area (Å²) in [6.07, 6.45) is -0.184. The maximum atomic E-state index is 13.0. The number of halogens is 1. The Labute approximate surface area is 164 Å². The first-order chi connectivity index (χ1) is 13.6. The summed E-state index contributed by atoms with van der Waals surface area (Å²) in [6.45, 7) is 0. The third-order valence-electron chi connectivity index (χ3n) is 4.25. The van der Waals surface area contributed by atoms with Crippen LogP contribution in [-0.2, 0) is 22.4 Å². The van der Waals surface area contributed by atoms with Gasteiger partial charge in [0.15, 0.2) is 6.10 Å². The van der Waals surface area contributed by atoms with E-state index in [4.69, 9.17) is 4.74 Å². The van der Waals surface area contributed by atoms with Crippen molar-refractivity contribution in [2.24, 2.45) is 0 Å². The third-order valence-corrected chi connectivity index (χ3v) is 5.19. The Bertz CT molecular complexity index is 995. The van der Waals surface area contributed by atoms with Crippen molar-refractivity contribution in [3.63, 3.8) is 0 Å². The molecule has 2 heterocycles. The number of rotatable bonds is 4. The van der Waals surface area contributed by atoms with Crippen LogP contribution >= 0.6 is 11.3 Å². The first-order valence-electron chi connectivity index (χ1n) is 8.62. The summed E-state index contributed by atoms with van der Waals surface area (Å²) in [5.74, 6) is -0.426. The van der Waals surface area contributed by atoms with Crippen molar-refractivity contribution in [1.82, 2.24) is 15.8 Å². The summed E-state index contributed by atoms with van der Waals surface area (Å²) >= 11 is 1.37. The van der Waals surface area contributed by atoms with Crippen molar-refractivity contribution in [2.75, 3.05) is 0 Å². The van der Waals surface area contributed by atoms with Gasteiger partial charge in [0.2, 0.25) is 5.91 Å². The van der Waals surface area contributed by atoms with Crippen molar-refractivity contribution in [1.29, 1.82) is 0 Å². The highest BCUT2D eigenvalue weighted by atomic mass is 32.1. The van der Waals surface area contributed by atoms with Crippen LogP contribution in [0.25, 0.3) is 10.6 Å². The molecule has 1 aliphatic rings. The maximum Gasteiger partial charge on any atom is 0.279 e. The molecular weight excluding hydrogens is 381 g/mol. The van der Waals surface area contributed by atoms with Gasteiger partial charge >= 0.3 is 0 Å². The molecular formula is C20H16FN3O3S. The number of nitrogens with zero attached hydrogens (tertiary/aromatic N) is 1. The fourth-order valence-electron chi connectivity index (χ4n) is 2.86. The van der Waals surface area contributed by atoms with Crippen LogP contribution < -0.4 is 15.6 Å². The van der Waals surface area contributed by atoms with Gasteiger partial charge in [-0.05, 0) is 35.9 Å². The van der Waals surface area contributed by atoms with Crippen LogP contribution in [-0.4, -0.2) is 22.9 Å². The highest BCUT2D eigenvalue weighted by Gasteiger charge is 2.28. The van der Waals surface area contributed by atoms with Gasteiger partial charge in [0.05, 0.1) is 12.1 Å². The zero-order valence-electron chi connectivity index (χ0n) is 14.6. The predicted octanol–water partition coefficient (Wildman–Crippen LogP) is 2.64. The van der Waals surface area contributed by atoms with Crippen LogP contribution in [0, 0.1) is 5.82 Å². The molecule has 1 atom stereocenters. The van der Waals surface area contributed by atoms with E-state index in [0.717, 1.165) is 11.1 Å². The van der Waals surface area contributed by atoms with Gasteiger partial charge in [0, 0.05) is 17.4 Å². The molecule has 2 aromatic carbocycles. The second-order valence-electron chi connectivity index (χ2n) is 6.28. The van der Waals surface area contributed by atoms with Crippen molar-refractivity contribution in [3.8, 4) is 16.3 Å². The SMILES string of the molecule is O=C(Cc1csc(-c2ccc(F)cc2)n1)NNC(=O)[C@@H]1Cc2ccccc2O1. The molecule has 6 nitrogen and oxygen atoms in total. The summed E-state index contributed by atoms with van der Waals surface area (Å²) in [5.41, 5.74) is 7.10. The zero-order chi connectivity index (χ0) is 19.5. The van der Waals surface area contributed by atoms with Crippen molar-refractivity contribution < 1.29 is 18.7 Å². The number of ether oxygens (including phenoxy) is 1. The van der Waals surface area contributed by atoms with Gasteiger partial charge in [0.1, 0.15) is 16.6 Å². The van der Waals surface area contributed by atoms with Crippen LogP contribution in [0.15, 0.2) is 53.9 Å². The Balaban J connectivity index is 1.28. The standard InChI is InChI=1S/C20H16FN3O3S/c21-14-7-5-12(6-8-14)20-22-15(11-28-20)10-18(25)23-24-19(26)17-9-13-3-1-2-4-16(13)27-17/h1-8,11,17H,9-10H2,(H,23,25)(H,24,26)/t17-/m0/s1. The van der Waals surface area contributed by atoms with E-state index in [1.807, 2.05) is 24.3 Å².